The molecule has 31 heavy (non-hydrogen) atoms. The smallest absolute Gasteiger partial charge is 0.278 e. The molecule has 3 aromatic rings. The number of nitrogens with zero attached hydrogens (tertiary/aromatic N) is 5. The molecule has 0 atom stereocenters. The van der Waals surface area contributed by atoms with Crippen molar-refractivity contribution in [1.29, 1.82) is 0 Å². The molecule has 0 saturated carbocycles. The summed E-state index contributed by atoms with van der Waals surface area (Å²) >= 11 is 0. The Morgan fingerprint density at radius 2 is 1.81 bits per heavy atom. The highest BCUT2D eigenvalue weighted by Crippen LogP contribution is 2.33. The van der Waals surface area contributed by atoms with Crippen molar-refractivity contribution < 1.29 is 9.72 Å². The van der Waals surface area contributed by atoms with Gasteiger partial charge in [-0.1, -0.05) is 30.3 Å². The third-order valence-electron chi connectivity index (χ3n) is 5.73. The number of benzene rings is 2. The number of aromatic nitrogens is 1. The molecule has 4 rings (SSSR count). The van der Waals surface area contributed by atoms with E-state index in [1.165, 1.54) is 0 Å². The van der Waals surface area contributed by atoms with E-state index in [9.17, 15) is 14.9 Å². The zero-order valence-corrected chi connectivity index (χ0v) is 17.5. The number of anilines is 1. The fourth-order valence-electron chi connectivity index (χ4n) is 4.00. The molecule has 0 radical (unpaired) electrons. The summed E-state index contributed by atoms with van der Waals surface area (Å²) in [5, 5.41) is 12.7. The van der Waals surface area contributed by atoms with Crippen LogP contribution in [0.3, 0.4) is 0 Å². The van der Waals surface area contributed by atoms with Crippen LogP contribution in [0.2, 0.25) is 0 Å². The molecular formula is C23H25N5O3. The number of carbonyl (C=O) groups excluding carboxylic acids is 1. The van der Waals surface area contributed by atoms with Gasteiger partial charge in [0.15, 0.2) is 0 Å². The van der Waals surface area contributed by atoms with Crippen molar-refractivity contribution in [2.45, 2.75) is 6.54 Å². The van der Waals surface area contributed by atoms with Crippen LogP contribution in [0, 0.1) is 10.1 Å². The molecule has 0 bridgehead atoms. The summed E-state index contributed by atoms with van der Waals surface area (Å²) in [4.78, 5) is 33.8. The van der Waals surface area contributed by atoms with Crippen molar-refractivity contribution in [1.82, 2.24) is 14.8 Å². The van der Waals surface area contributed by atoms with Gasteiger partial charge in [0.05, 0.1) is 16.9 Å². The molecule has 160 valence electrons. The maximum atomic E-state index is 12.6. The quantitative estimate of drug-likeness (QED) is 0.451. The van der Waals surface area contributed by atoms with Crippen molar-refractivity contribution >= 4 is 28.1 Å². The molecule has 1 amide bonds. The molecule has 1 saturated heterocycles. The topological polar surface area (TPSA) is 82.8 Å². The Hall–Kier alpha value is -3.52. The number of likely N-dealkylation sites (N-methyl/N-ethyl adjacent to an activating group) is 1. The highest BCUT2D eigenvalue weighted by molar-refractivity contribution is 5.99. The number of fused-ring (bicyclic) bond motifs is 1. The van der Waals surface area contributed by atoms with Crippen LogP contribution in [0.5, 0.6) is 0 Å². The predicted molar refractivity (Wildman–Crippen MR) is 120 cm³/mol. The number of hydrogen-bond donors (Lipinski definition) is 0. The fourth-order valence-corrected chi connectivity index (χ4v) is 4.00. The third kappa shape index (κ3) is 4.64. The van der Waals surface area contributed by atoms with Gasteiger partial charge in [-0.05, 0) is 17.7 Å². The van der Waals surface area contributed by atoms with Gasteiger partial charge in [0.1, 0.15) is 0 Å². The van der Waals surface area contributed by atoms with Crippen LogP contribution < -0.4 is 4.90 Å². The van der Waals surface area contributed by atoms with Crippen molar-refractivity contribution in [3.8, 4) is 0 Å². The van der Waals surface area contributed by atoms with Gasteiger partial charge >= 0.3 is 0 Å². The van der Waals surface area contributed by atoms with Gasteiger partial charge in [0.2, 0.25) is 5.91 Å². The Morgan fingerprint density at radius 1 is 1.06 bits per heavy atom. The average Bonchev–Trinajstić information content (AvgIpc) is 2.79. The molecule has 0 aliphatic carbocycles. The first kappa shape index (κ1) is 20.7. The first-order valence-electron chi connectivity index (χ1n) is 10.3. The van der Waals surface area contributed by atoms with Gasteiger partial charge in [0.25, 0.3) is 5.69 Å². The van der Waals surface area contributed by atoms with Gasteiger partial charge in [0, 0.05) is 69.3 Å². The van der Waals surface area contributed by atoms with Gasteiger partial charge in [-0.25, -0.2) is 0 Å². The monoisotopic (exact) mass is 419 g/mol. The first-order valence-corrected chi connectivity index (χ1v) is 10.3. The highest BCUT2D eigenvalue weighted by atomic mass is 16.6. The molecule has 2 heterocycles. The van der Waals surface area contributed by atoms with E-state index in [0.717, 1.165) is 42.8 Å². The Kier molecular flexibility index (Phi) is 6.08. The molecule has 8 nitrogen and oxygen atoms in total. The Balaban J connectivity index is 1.38. The van der Waals surface area contributed by atoms with E-state index >= 15 is 0 Å². The van der Waals surface area contributed by atoms with E-state index in [1.54, 1.807) is 23.4 Å². The minimum absolute atomic E-state index is 0.0672. The van der Waals surface area contributed by atoms with Gasteiger partial charge < -0.3 is 9.80 Å². The number of piperazine rings is 1. The van der Waals surface area contributed by atoms with E-state index in [1.807, 2.05) is 49.5 Å². The van der Waals surface area contributed by atoms with Crippen LogP contribution >= 0.6 is 0 Å². The number of rotatable bonds is 6. The number of carbonyl (C=O) groups is 1. The second kappa shape index (κ2) is 9.09. The average molecular weight is 419 g/mol. The standard InChI is InChI=1S/C23H25N5O3/c1-25(16-18-5-3-2-4-6-18)23(29)17-26-11-13-27(14-12-26)21-7-8-22(28(30)31)20-15-24-10-9-19(20)21/h2-10,15H,11-14,16-17H2,1H3. The van der Waals surface area contributed by atoms with Crippen LogP contribution in [0.1, 0.15) is 5.56 Å². The van der Waals surface area contributed by atoms with Gasteiger partial charge in [-0.2, -0.15) is 0 Å². The lowest BCUT2D eigenvalue weighted by molar-refractivity contribution is -0.383. The number of pyridine rings is 1. The van der Waals surface area contributed by atoms with Crippen molar-refractivity contribution in [3.63, 3.8) is 0 Å². The van der Waals surface area contributed by atoms with Crippen LogP contribution in [0.15, 0.2) is 60.9 Å². The number of non-ortho nitro benzene ring substituents is 1. The molecule has 1 aromatic heterocycles. The first-order chi connectivity index (χ1) is 15.0. The number of nitro benzene ring substituents is 1. The molecule has 1 aliphatic rings. The highest BCUT2D eigenvalue weighted by Gasteiger charge is 2.23. The Morgan fingerprint density at radius 3 is 2.52 bits per heavy atom. The summed E-state index contributed by atoms with van der Waals surface area (Å²) in [5.41, 5.74) is 2.15. The fraction of sp³-hybridized carbons (Fsp3) is 0.304. The largest absolute Gasteiger partial charge is 0.368 e. The third-order valence-corrected chi connectivity index (χ3v) is 5.73. The molecule has 0 unspecified atom stereocenters. The van der Waals surface area contributed by atoms with Crippen LogP contribution in [-0.2, 0) is 11.3 Å². The number of amides is 1. The zero-order chi connectivity index (χ0) is 21.8. The van der Waals surface area contributed by atoms with E-state index in [4.69, 9.17) is 0 Å². The van der Waals surface area contributed by atoms with Gasteiger partial charge in [-0.15, -0.1) is 0 Å². The van der Waals surface area contributed by atoms with E-state index in [2.05, 4.69) is 14.8 Å². The zero-order valence-electron chi connectivity index (χ0n) is 17.5. The molecule has 0 spiro atoms. The second-order valence-corrected chi connectivity index (χ2v) is 7.78. The number of nitro groups is 1. The minimum Gasteiger partial charge on any atom is -0.368 e. The van der Waals surface area contributed by atoms with E-state index < -0.39 is 0 Å². The van der Waals surface area contributed by atoms with Gasteiger partial charge in [-0.3, -0.25) is 24.8 Å². The van der Waals surface area contributed by atoms with Crippen molar-refractivity contribution in [3.05, 3.63) is 76.6 Å². The molecule has 1 aliphatic heterocycles. The summed E-state index contributed by atoms with van der Waals surface area (Å²) in [6, 6.07) is 15.2. The molecule has 1 fully saturated rings. The summed E-state index contributed by atoms with van der Waals surface area (Å²) in [6.45, 7) is 4.02. The number of hydrogen-bond acceptors (Lipinski definition) is 6. The normalized spacial score (nSPS) is 14.5. The minimum atomic E-state index is -0.372. The Bertz CT molecular complexity index is 1080. The maximum absolute atomic E-state index is 12.6. The van der Waals surface area contributed by atoms with Crippen LogP contribution in [-0.4, -0.2) is 65.4 Å². The second-order valence-electron chi connectivity index (χ2n) is 7.78. The molecular weight excluding hydrogens is 394 g/mol. The van der Waals surface area contributed by atoms with Crippen molar-refractivity contribution in [2.75, 3.05) is 44.7 Å². The maximum Gasteiger partial charge on any atom is 0.278 e. The summed E-state index contributed by atoms with van der Waals surface area (Å²) in [5.74, 6) is 0.101. The molecule has 0 N–H and O–H groups in total. The lowest BCUT2D eigenvalue weighted by Crippen LogP contribution is -2.49. The molecule has 2 aromatic carbocycles. The summed E-state index contributed by atoms with van der Waals surface area (Å²) in [7, 11) is 1.84. The van der Waals surface area contributed by atoms with E-state index in [-0.39, 0.29) is 16.5 Å². The summed E-state index contributed by atoms with van der Waals surface area (Å²) < 4.78 is 0. The Labute approximate surface area is 180 Å². The van der Waals surface area contributed by atoms with Crippen molar-refractivity contribution in [2.24, 2.45) is 0 Å². The predicted octanol–water partition coefficient (Wildman–Crippen LogP) is 2.92. The summed E-state index contributed by atoms with van der Waals surface area (Å²) in [6.07, 6.45) is 3.21. The van der Waals surface area contributed by atoms with Crippen LogP contribution in [0.25, 0.3) is 10.8 Å². The van der Waals surface area contributed by atoms with E-state index in [0.29, 0.717) is 18.5 Å². The SMILES string of the molecule is CN(Cc1ccccc1)C(=O)CN1CCN(c2ccc([N+](=O)[O-])c3cnccc23)CC1. The van der Waals surface area contributed by atoms with Crippen LogP contribution in [0.4, 0.5) is 11.4 Å². The lowest BCUT2D eigenvalue weighted by atomic mass is 10.1. The molecule has 8 heteroatoms. The lowest BCUT2D eigenvalue weighted by Gasteiger charge is -2.36.